The molecule has 8 heteroatoms. The number of piperidine rings is 1. The molecule has 1 saturated heterocycles. The first-order chi connectivity index (χ1) is 11.9. The number of amides is 2. The van der Waals surface area contributed by atoms with Crippen LogP contribution in [0.3, 0.4) is 0 Å². The van der Waals surface area contributed by atoms with Crippen LogP contribution in [-0.4, -0.2) is 56.1 Å². The van der Waals surface area contributed by atoms with Crippen molar-refractivity contribution in [1.29, 1.82) is 0 Å². The predicted octanol–water partition coefficient (Wildman–Crippen LogP) is 0.733. The van der Waals surface area contributed by atoms with Crippen LogP contribution in [0.5, 0.6) is 0 Å². The fraction of sp³-hybridized carbons (Fsp3) is 0.529. The molecule has 2 amide bonds. The first kappa shape index (κ1) is 18.0. The van der Waals surface area contributed by atoms with E-state index < -0.39 is 10.0 Å². The zero-order valence-electron chi connectivity index (χ0n) is 14.2. The summed E-state index contributed by atoms with van der Waals surface area (Å²) in [4.78, 5) is 25.6. The average Bonchev–Trinajstić information content (AvgIpc) is 2.80. The number of fused-ring (bicyclic) bond motifs is 1. The molecule has 3 rings (SSSR count). The van der Waals surface area contributed by atoms with Gasteiger partial charge in [-0.1, -0.05) is 12.1 Å². The van der Waals surface area contributed by atoms with Crippen molar-refractivity contribution in [2.24, 2.45) is 0 Å². The predicted molar refractivity (Wildman–Crippen MR) is 93.8 cm³/mol. The Balaban J connectivity index is 1.53. The van der Waals surface area contributed by atoms with Gasteiger partial charge in [-0.2, -0.15) is 0 Å². The minimum absolute atomic E-state index is 0.0550. The highest BCUT2D eigenvalue weighted by Crippen LogP contribution is 2.22. The number of sulfonamides is 1. The van der Waals surface area contributed by atoms with E-state index in [1.807, 2.05) is 6.92 Å². The van der Waals surface area contributed by atoms with Gasteiger partial charge < -0.3 is 5.32 Å². The molecule has 0 saturated carbocycles. The maximum absolute atomic E-state index is 12.2. The van der Waals surface area contributed by atoms with E-state index in [0.29, 0.717) is 17.2 Å². The van der Waals surface area contributed by atoms with E-state index in [-0.39, 0.29) is 36.6 Å². The van der Waals surface area contributed by atoms with Crippen LogP contribution in [0.4, 0.5) is 0 Å². The van der Waals surface area contributed by atoms with Gasteiger partial charge in [0, 0.05) is 18.6 Å². The van der Waals surface area contributed by atoms with Gasteiger partial charge in [-0.05, 0) is 44.9 Å². The second-order valence-corrected chi connectivity index (χ2v) is 8.55. The van der Waals surface area contributed by atoms with E-state index >= 15 is 0 Å². The molecule has 1 fully saturated rings. The van der Waals surface area contributed by atoms with Crippen LogP contribution in [0.2, 0.25) is 0 Å². The standard InChI is InChI=1S/C17H23N3O4S/c1-12-11-13(7-8-18-12)19-25(23,24)10-4-9-20-16(21)14-5-2-3-6-15(14)17(20)22/h2-3,5-6,12-13,18-19H,4,7-11H2,1H3. The van der Waals surface area contributed by atoms with E-state index in [1.165, 1.54) is 0 Å². The van der Waals surface area contributed by atoms with Crippen molar-refractivity contribution in [3.8, 4) is 0 Å². The molecule has 2 N–H and O–H groups in total. The first-order valence-electron chi connectivity index (χ1n) is 8.56. The molecule has 0 radical (unpaired) electrons. The van der Waals surface area contributed by atoms with Crippen LogP contribution in [0.1, 0.15) is 46.9 Å². The highest BCUT2D eigenvalue weighted by molar-refractivity contribution is 7.89. The van der Waals surface area contributed by atoms with Crippen molar-refractivity contribution in [3.63, 3.8) is 0 Å². The number of rotatable bonds is 6. The van der Waals surface area contributed by atoms with Gasteiger partial charge in [-0.3, -0.25) is 14.5 Å². The Labute approximate surface area is 147 Å². The lowest BCUT2D eigenvalue weighted by molar-refractivity contribution is 0.0654. The minimum atomic E-state index is -3.43. The summed E-state index contributed by atoms with van der Waals surface area (Å²) in [6.07, 6.45) is 1.75. The second-order valence-electron chi connectivity index (χ2n) is 6.67. The van der Waals surface area contributed by atoms with Crippen molar-refractivity contribution < 1.29 is 18.0 Å². The number of nitrogens with one attached hydrogen (secondary N) is 2. The van der Waals surface area contributed by atoms with Crippen LogP contribution in [-0.2, 0) is 10.0 Å². The lowest BCUT2D eigenvalue weighted by Gasteiger charge is -2.28. The van der Waals surface area contributed by atoms with E-state index in [2.05, 4.69) is 10.0 Å². The quantitative estimate of drug-likeness (QED) is 0.725. The monoisotopic (exact) mass is 365 g/mol. The Morgan fingerprint density at radius 3 is 2.44 bits per heavy atom. The summed E-state index contributed by atoms with van der Waals surface area (Å²) in [6, 6.07) is 6.89. The minimum Gasteiger partial charge on any atom is -0.314 e. The first-order valence-corrected chi connectivity index (χ1v) is 10.2. The van der Waals surface area contributed by atoms with Gasteiger partial charge in [0.2, 0.25) is 10.0 Å². The summed E-state index contributed by atoms with van der Waals surface area (Å²) in [5.41, 5.74) is 0.773. The Morgan fingerprint density at radius 2 is 1.84 bits per heavy atom. The number of benzene rings is 1. The maximum Gasteiger partial charge on any atom is 0.261 e. The number of imide groups is 1. The van der Waals surface area contributed by atoms with Crippen LogP contribution in [0, 0.1) is 0 Å². The molecule has 0 spiro atoms. The fourth-order valence-electron chi connectivity index (χ4n) is 3.41. The van der Waals surface area contributed by atoms with Crippen molar-refractivity contribution in [2.45, 2.75) is 38.3 Å². The van der Waals surface area contributed by atoms with Crippen molar-refractivity contribution in [1.82, 2.24) is 14.9 Å². The number of hydrogen-bond acceptors (Lipinski definition) is 5. The molecule has 7 nitrogen and oxygen atoms in total. The smallest absolute Gasteiger partial charge is 0.261 e. The molecule has 2 atom stereocenters. The van der Waals surface area contributed by atoms with Gasteiger partial charge in [-0.15, -0.1) is 0 Å². The molecule has 2 aliphatic heterocycles. The van der Waals surface area contributed by atoms with E-state index in [1.54, 1.807) is 24.3 Å². The Morgan fingerprint density at radius 1 is 1.20 bits per heavy atom. The van der Waals surface area contributed by atoms with Crippen LogP contribution in [0.15, 0.2) is 24.3 Å². The Kier molecular flexibility index (Phi) is 5.21. The summed E-state index contributed by atoms with van der Waals surface area (Å²) >= 11 is 0. The van der Waals surface area contributed by atoms with Crippen molar-refractivity contribution in [3.05, 3.63) is 35.4 Å². The number of nitrogens with zero attached hydrogens (tertiary/aromatic N) is 1. The van der Waals surface area contributed by atoms with E-state index in [0.717, 1.165) is 24.3 Å². The van der Waals surface area contributed by atoms with Gasteiger partial charge in [-0.25, -0.2) is 13.1 Å². The highest BCUT2D eigenvalue weighted by Gasteiger charge is 2.34. The third kappa shape index (κ3) is 4.08. The molecule has 0 aromatic heterocycles. The summed E-state index contributed by atoms with van der Waals surface area (Å²) < 4.78 is 27.2. The molecular formula is C17H23N3O4S. The summed E-state index contributed by atoms with van der Waals surface area (Å²) in [5.74, 6) is -0.796. The second kappa shape index (κ2) is 7.23. The number of carbonyl (C=O) groups is 2. The summed E-state index contributed by atoms with van der Waals surface area (Å²) in [5, 5.41) is 3.28. The highest BCUT2D eigenvalue weighted by atomic mass is 32.2. The van der Waals surface area contributed by atoms with Gasteiger partial charge in [0.15, 0.2) is 0 Å². The van der Waals surface area contributed by atoms with Crippen LogP contribution < -0.4 is 10.0 Å². The molecule has 2 unspecified atom stereocenters. The van der Waals surface area contributed by atoms with E-state index in [9.17, 15) is 18.0 Å². The van der Waals surface area contributed by atoms with Gasteiger partial charge in [0.1, 0.15) is 0 Å². The topological polar surface area (TPSA) is 95.6 Å². The molecule has 2 heterocycles. The maximum atomic E-state index is 12.2. The van der Waals surface area contributed by atoms with Crippen LogP contribution in [0.25, 0.3) is 0 Å². The van der Waals surface area contributed by atoms with Crippen molar-refractivity contribution >= 4 is 21.8 Å². The molecular weight excluding hydrogens is 342 g/mol. The summed E-state index contributed by atoms with van der Waals surface area (Å²) in [6.45, 7) is 2.93. The number of carbonyl (C=O) groups excluding carboxylic acids is 2. The summed E-state index contributed by atoms with van der Waals surface area (Å²) in [7, 11) is -3.43. The molecule has 0 aliphatic carbocycles. The Hall–Kier alpha value is -1.77. The third-order valence-corrected chi connectivity index (χ3v) is 6.16. The average molecular weight is 365 g/mol. The molecule has 136 valence electrons. The Bertz CT molecular complexity index is 743. The SMILES string of the molecule is CC1CC(NS(=O)(=O)CCCN2C(=O)c3ccccc3C2=O)CCN1. The normalized spacial score (nSPS) is 23.8. The third-order valence-electron chi connectivity index (χ3n) is 4.64. The molecule has 0 bridgehead atoms. The molecule has 1 aromatic carbocycles. The van der Waals surface area contributed by atoms with Gasteiger partial charge in [0.25, 0.3) is 11.8 Å². The van der Waals surface area contributed by atoms with Crippen molar-refractivity contribution in [2.75, 3.05) is 18.8 Å². The zero-order chi connectivity index (χ0) is 18.0. The largest absolute Gasteiger partial charge is 0.314 e. The number of hydrogen-bond donors (Lipinski definition) is 2. The van der Waals surface area contributed by atoms with Gasteiger partial charge >= 0.3 is 0 Å². The molecule has 2 aliphatic rings. The molecule has 1 aromatic rings. The molecule has 25 heavy (non-hydrogen) atoms. The fourth-order valence-corrected chi connectivity index (χ4v) is 4.76. The van der Waals surface area contributed by atoms with E-state index in [4.69, 9.17) is 0 Å². The lowest BCUT2D eigenvalue weighted by Crippen LogP contribution is -2.47. The van der Waals surface area contributed by atoms with Gasteiger partial charge in [0.05, 0.1) is 16.9 Å². The zero-order valence-corrected chi connectivity index (χ0v) is 15.0. The lowest BCUT2D eigenvalue weighted by atomic mass is 10.0. The van der Waals surface area contributed by atoms with Crippen LogP contribution >= 0.6 is 0 Å².